The van der Waals surface area contributed by atoms with Crippen LogP contribution in [0.25, 0.3) is 10.9 Å². The summed E-state index contributed by atoms with van der Waals surface area (Å²) in [6, 6.07) is 5.80. The van der Waals surface area contributed by atoms with Crippen molar-refractivity contribution >= 4 is 28.4 Å². The number of carbonyl (C=O) groups is 1. The van der Waals surface area contributed by atoms with Crippen LogP contribution in [0.1, 0.15) is 23.3 Å². The van der Waals surface area contributed by atoms with Crippen molar-refractivity contribution in [2.24, 2.45) is 5.92 Å². The summed E-state index contributed by atoms with van der Waals surface area (Å²) in [5.41, 5.74) is 1.34. The second-order valence-corrected chi connectivity index (χ2v) is 6.89. The van der Waals surface area contributed by atoms with E-state index in [9.17, 15) is 4.79 Å². The molecule has 4 rings (SSSR count). The lowest BCUT2D eigenvalue weighted by atomic mass is 9.91. The number of nitrogens with zero attached hydrogens (tertiary/aromatic N) is 3. The van der Waals surface area contributed by atoms with E-state index in [-0.39, 0.29) is 5.91 Å². The maximum atomic E-state index is 13.0. The van der Waals surface area contributed by atoms with Crippen LogP contribution >= 0.6 is 11.6 Å². The summed E-state index contributed by atoms with van der Waals surface area (Å²) in [6.07, 6.45) is 2.29. The van der Waals surface area contributed by atoms with Crippen LogP contribution in [0.2, 0.25) is 5.02 Å². The van der Waals surface area contributed by atoms with E-state index in [0.29, 0.717) is 22.7 Å². The second kappa shape index (κ2) is 5.25. The first-order chi connectivity index (χ1) is 10.6. The fourth-order valence-corrected chi connectivity index (χ4v) is 4.10. The first-order valence-electron chi connectivity index (χ1n) is 7.76. The number of carbonyl (C=O) groups excluding carboxylic acids is 1. The van der Waals surface area contributed by atoms with Crippen LogP contribution in [0.5, 0.6) is 0 Å². The van der Waals surface area contributed by atoms with Gasteiger partial charge in [-0.15, -0.1) is 0 Å². The number of hydrogen-bond acceptors (Lipinski definition) is 3. The molecule has 1 amide bonds. The molecule has 116 valence electrons. The van der Waals surface area contributed by atoms with Crippen LogP contribution in [0.4, 0.5) is 0 Å². The zero-order valence-corrected chi connectivity index (χ0v) is 13.3. The van der Waals surface area contributed by atoms with Crippen molar-refractivity contribution in [1.82, 2.24) is 20.0 Å². The Balaban J connectivity index is 1.69. The zero-order valence-electron chi connectivity index (χ0n) is 12.6. The van der Waals surface area contributed by atoms with E-state index in [1.165, 1.54) is 6.42 Å². The van der Waals surface area contributed by atoms with Gasteiger partial charge in [0.1, 0.15) is 0 Å². The molecule has 2 aliphatic heterocycles. The van der Waals surface area contributed by atoms with Crippen LogP contribution in [-0.4, -0.2) is 58.6 Å². The average Bonchev–Trinajstić information content (AvgIpc) is 3.07. The monoisotopic (exact) mass is 318 g/mol. The zero-order chi connectivity index (χ0) is 15.3. The topological polar surface area (TPSA) is 52.2 Å². The molecule has 0 aliphatic carbocycles. The van der Waals surface area contributed by atoms with Crippen LogP contribution in [0.3, 0.4) is 0 Å². The molecule has 5 nitrogen and oxygen atoms in total. The van der Waals surface area contributed by atoms with Gasteiger partial charge in [-0.05, 0) is 44.0 Å². The maximum absolute atomic E-state index is 13.0. The number of fused-ring (bicyclic) bond motifs is 2. The third-order valence-electron chi connectivity index (χ3n) is 4.95. The number of piperidine rings is 1. The number of likely N-dealkylation sites (tertiary alicyclic amines) is 2. The van der Waals surface area contributed by atoms with Gasteiger partial charge in [-0.25, -0.2) is 0 Å². The number of hydrogen-bond donors (Lipinski definition) is 1. The molecule has 3 heterocycles. The number of amides is 1. The van der Waals surface area contributed by atoms with E-state index in [0.717, 1.165) is 37.0 Å². The molecule has 0 bridgehead atoms. The van der Waals surface area contributed by atoms with Crippen molar-refractivity contribution in [3.8, 4) is 0 Å². The fourth-order valence-electron chi connectivity index (χ4n) is 3.93. The van der Waals surface area contributed by atoms with Gasteiger partial charge in [-0.1, -0.05) is 11.6 Å². The van der Waals surface area contributed by atoms with Gasteiger partial charge in [-0.3, -0.25) is 9.89 Å². The maximum Gasteiger partial charge on any atom is 0.275 e. The highest BCUT2D eigenvalue weighted by molar-refractivity contribution is 6.31. The fraction of sp³-hybridized carbons (Fsp3) is 0.500. The Morgan fingerprint density at radius 2 is 2.27 bits per heavy atom. The average molecular weight is 319 g/mol. The number of likely N-dealkylation sites (N-methyl/N-ethyl adjacent to an activating group) is 1. The quantitative estimate of drug-likeness (QED) is 0.878. The summed E-state index contributed by atoms with van der Waals surface area (Å²) in [5, 5.41) is 8.63. The minimum atomic E-state index is 0.0264. The van der Waals surface area contributed by atoms with E-state index < -0.39 is 0 Å². The van der Waals surface area contributed by atoms with Crippen molar-refractivity contribution in [2.75, 3.05) is 26.7 Å². The van der Waals surface area contributed by atoms with E-state index in [2.05, 4.69) is 22.1 Å². The number of aromatic nitrogens is 2. The predicted molar refractivity (Wildman–Crippen MR) is 86.1 cm³/mol. The van der Waals surface area contributed by atoms with Gasteiger partial charge in [0.25, 0.3) is 5.91 Å². The normalized spacial score (nSPS) is 25.6. The number of benzene rings is 1. The summed E-state index contributed by atoms with van der Waals surface area (Å²) < 4.78 is 0. The van der Waals surface area contributed by atoms with Crippen LogP contribution in [0, 0.1) is 5.92 Å². The Morgan fingerprint density at radius 3 is 3.14 bits per heavy atom. The third-order valence-corrected chi connectivity index (χ3v) is 5.19. The predicted octanol–water partition coefficient (Wildman–Crippen LogP) is 2.38. The van der Waals surface area contributed by atoms with E-state index in [1.807, 2.05) is 17.0 Å². The Hall–Kier alpha value is -1.59. The molecular weight excluding hydrogens is 300 g/mol. The lowest BCUT2D eigenvalue weighted by molar-refractivity contribution is 0.0567. The van der Waals surface area contributed by atoms with Gasteiger partial charge in [0.05, 0.1) is 5.52 Å². The highest BCUT2D eigenvalue weighted by atomic mass is 35.5. The molecule has 0 unspecified atom stereocenters. The smallest absolute Gasteiger partial charge is 0.275 e. The molecule has 2 atom stereocenters. The molecule has 22 heavy (non-hydrogen) atoms. The molecule has 1 N–H and O–H groups in total. The Labute approximate surface area is 134 Å². The molecule has 0 radical (unpaired) electrons. The molecule has 6 heteroatoms. The Morgan fingerprint density at radius 1 is 1.41 bits per heavy atom. The van der Waals surface area contributed by atoms with E-state index >= 15 is 0 Å². The summed E-state index contributed by atoms with van der Waals surface area (Å²) in [6.45, 7) is 2.86. The van der Waals surface area contributed by atoms with Gasteiger partial charge < -0.3 is 9.80 Å². The lowest BCUT2D eigenvalue weighted by Crippen LogP contribution is -2.48. The van der Waals surface area contributed by atoms with Gasteiger partial charge >= 0.3 is 0 Å². The Kier molecular flexibility index (Phi) is 3.35. The molecule has 2 aromatic rings. The van der Waals surface area contributed by atoms with Crippen molar-refractivity contribution in [3.63, 3.8) is 0 Å². The van der Waals surface area contributed by atoms with Gasteiger partial charge in [0.2, 0.25) is 0 Å². The summed E-state index contributed by atoms with van der Waals surface area (Å²) in [4.78, 5) is 17.4. The molecule has 2 saturated heterocycles. The minimum Gasteiger partial charge on any atom is -0.333 e. The number of nitrogens with one attached hydrogen (secondary N) is 1. The number of rotatable bonds is 1. The van der Waals surface area contributed by atoms with Gasteiger partial charge in [-0.2, -0.15) is 5.10 Å². The molecule has 1 aromatic carbocycles. The van der Waals surface area contributed by atoms with Crippen molar-refractivity contribution < 1.29 is 4.79 Å². The number of H-pyrrole nitrogens is 1. The number of halogens is 1. The summed E-state index contributed by atoms with van der Waals surface area (Å²) in [5.74, 6) is 0.620. The largest absolute Gasteiger partial charge is 0.333 e. The first kappa shape index (κ1) is 14.0. The Bertz CT molecular complexity index is 728. The second-order valence-electron chi connectivity index (χ2n) is 6.45. The molecule has 2 aliphatic rings. The SMILES string of the molecule is CN1C[C@@H]2CCCN(C(=O)c3n[nH]c4ccc(Cl)cc34)[C@@H]2C1. The van der Waals surface area contributed by atoms with E-state index in [1.54, 1.807) is 6.07 Å². The summed E-state index contributed by atoms with van der Waals surface area (Å²) in [7, 11) is 2.13. The van der Waals surface area contributed by atoms with Crippen LogP contribution in [-0.2, 0) is 0 Å². The number of aromatic amines is 1. The van der Waals surface area contributed by atoms with Crippen LogP contribution in [0.15, 0.2) is 18.2 Å². The highest BCUT2D eigenvalue weighted by Gasteiger charge is 2.40. The lowest BCUT2D eigenvalue weighted by Gasteiger charge is -2.36. The third kappa shape index (κ3) is 2.20. The first-order valence-corrected chi connectivity index (χ1v) is 8.14. The van der Waals surface area contributed by atoms with Crippen LogP contribution < -0.4 is 0 Å². The van der Waals surface area contributed by atoms with Crippen molar-refractivity contribution in [1.29, 1.82) is 0 Å². The van der Waals surface area contributed by atoms with E-state index in [4.69, 9.17) is 11.6 Å². The standard InChI is InChI=1S/C16H19ClN4O/c1-20-8-10-3-2-6-21(14(10)9-20)16(22)15-12-7-11(17)4-5-13(12)18-19-15/h4-5,7,10,14H,2-3,6,8-9H2,1H3,(H,18,19)/t10-,14+/m0/s1. The molecule has 2 fully saturated rings. The van der Waals surface area contributed by atoms with Crippen molar-refractivity contribution in [3.05, 3.63) is 28.9 Å². The van der Waals surface area contributed by atoms with Gasteiger partial charge in [0.15, 0.2) is 5.69 Å². The molecule has 0 spiro atoms. The summed E-state index contributed by atoms with van der Waals surface area (Å²) >= 11 is 6.07. The molecule has 1 aromatic heterocycles. The van der Waals surface area contributed by atoms with Crippen molar-refractivity contribution in [2.45, 2.75) is 18.9 Å². The highest BCUT2D eigenvalue weighted by Crippen LogP contribution is 2.31. The minimum absolute atomic E-state index is 0.0264. The van der Waals surface area contributed by atoms with Gasteiger partial charge in [0, 0.05) is 36.1 Å². The molecule has 0 saturated carbocycles. The molecular formula is C16H19ClN4O.